The number of hydrogen-bond acceptors (Lipinski definition) is 2. The number of unbranched alkanes of at least 4 members (excludes halogenated alkanes) is 1. The van der Waals surface area contributed by atoms with Crippen molar-refractivity contribution in [2.24, 2.45) is 11.7 Å². The van der Waals surface area contributed by atoms with Crippen LogP contribution in [0.5, 0.6) is 5.75 Å². The molecule has 2 atom stereocenters. The van der Waals surface area contributed by atoms with Gasteiger partial charge in [-0.2, -0.15) is 0 Å². The van der Waals surface area contributed by atoms with Crippen LogP contribution < -0.4 is 10.5 Å². The largest absolute Gasteiger partial charge is 0.493 e. The van der Waals surface area contributed by atoms with Gasteiger partial charge in [0.25, 0.3) is 0 Å². The lowest BCUT2D eigenvalue weighted by Crippen LogP contribution is -2.15. The molecule has 0 aliphatic rings. The summed E-state index contributed by atoms with van der Waals surface area (Å²) >= 11 is 0. The first-order chi connectivity index (χ1) is 9.22. The predicted octanol–water partition coefficient (Wildman–Crippen LogP) is 4.69. The summed E-state index contributed by atoms with van der Waals surface area (Å²) in [5.74, 6) is 1.62. The second-order valence-corrected chi connectivity index (χ2v) is 5.28. The van der Waals surface area contributed by atoms with Crippen LogP contribution in [0.15, 0.2) is 24.3 Å². The zero-order chi connectivity index (χ0) is 14.1. The van der Waals surface area contributed by atoms with Gasteiger partial charge in [-0.05, 0) is 24.8 Å². The van der Waals surface area contributed by atoms with Crippen LogP contribution in [-0.2, 0) is 0 Å². The highest BCUT2D eigenvalue weighted by Gasteiger charge is 2.12. The maximum Gasteiger partial charge on any atom is 0.124 e. The lowest BCUT2D eigenvalue weighted by Gasteiger charge is -2.19. The molecule has 0 radical (unpaired) electrons. The highest BCUT2D eigenvalue weighted by Crippen LogP contribution is 2.26. The molecule has 1 aromatic carbocycles. The van der Waals surface area contributed by atoms with Crippen molar-refractivity contribution < 1.29 is 4.74 Å². The minimum Gasteiger partial charge on any atom is -0.493 e. The van der Waals surface area contributed by atoms with Crippen molar-refractivity contribution in [3.05, 3.63) is 29.8 Å². The van der Waals surface area contributed by atoms with Crippen molar-refractivity contribution in [1.82, 2.24) is 0 Å². The molecular weight excluding hydrogens is 234 g/mol. The van der Waals surface area contributed by atoms with E-state index in [0.717, 1.165) is 24.3 Å². The van der Waals surface area contributed by atoms with Crippen LogP contribution in [0.2, 0.25) is 0 Å². The van der Waals surface area contributed by atoms with Crippen LogP contribution in [-0.4, -0.2) is 6.61 Å². The Bertz CT molecular complexity index is 351. The van der Waals surface area contributed by atoms with Crippen LogP contribution in [0.1, 0.15) is 64.5 Å². The van der Waals surface area contributed by atoms with E-state index in [-0.39, 0.29) is 6.04 Å². The van der Waals surface area contributed by atoms with E-state index >= 15 is 0 Å². The van der Waals surface area contributed by atoms with Crippen LogP contribution in [0, 0.1) is 5.92 Å². The third-order valence-electron chi connectivity index (χ3n) is 3.78. The van der Waals surface area contributed by atoms with E-state index in [9.17, 15) is 0 Å². The molecule has 108 valence electrons. The molecule has 19 heavy (non-hydrogen) atoms. The summed E-state index contributed by atoms with van der Waals surface area (Å²) in [5.41, 5.74) is 7.27. The summed E-state index contributed by atoms with van der Waals surface area (Å²) in [5, 5.41) is 0. The van der Waals surface area contributed by atoms with Gasteiger partial charge in [0.15, 0.2) is 0 Å². The molecule has 1 rings (SSSR count). The molecule has 1 aromatic rings. The van der Waals surface area contributed by atoms with Gasteiger partial charge < -0.3 is 10.5 Å². The molecule has 0 bridgehead atoms. The molecule has 0 amide bonds. The number of rotatable bonds is 9. The fourth-order valence-corrected chi connectivity index (χ4v) is 2.24. The maximum atomic E-state index is 6.13. The standard InChI is InChI=1S/C17H29NO/c1-4-7-10-14(5-2)13-19-17-12-9-8-11-15(17)16(18)6-3/h8-9,11-12,14,16H,4-7,10,13,18H2,1-3H3/t14?,16-/m1/s1. The zero-order valence-corrected chi connectivity index (χ0v) is 12.7. The van der Waals surface area contributed by atoms with Crippen molar-refractivity contribution in [1.29, 1.82) is 0 Å². The Morgan fingerprint density at radius 2 is 1.84 bits per heavy atom. The van der Waals surface area contributed by atoms with Crippen LogP contribution in [0.3, 0.4) is 0 Å². The molecule has 2 N–H and O–H groups in total. The van der Waals surface area contributed by atoms with Gasteiger partial charge in [0, 0.05) is 11.6 Å². The van der Waals surface area contributed by atoms with Gasteiger partial charge in [-0.3, -0.25) is 0 Å². The summed E-state index contributed by atoms with van der Waals surface area (Å²) in [4.78, 5) is 0. The molecule has 0 aromatic heterocycles. The van der Waals surface area contributed by atoms with E-state index in [0.29, 0.717) is 5.92 Å². The number of nitrogens with two attached hydrogens (primary N) is 1. The summed E-state index contributed by atoms with van der Waals surface area (Å²) in [7, 11) is 0. The average molecular weight is 263 g/mol. The first-order valence-corrected chi connectivity index (χ1v) is 7.70. The predicted molar refractivity (Wildman–Crippen MR) is 82.5 cm³/mol. The van der Waals surface area contributed by atoms with Crippen molar-refractivity contribution in [3.8, 4) is 5.75 Å². The number of para-hydroxylation sites is 1. The summed E-state index contributed by atoms with van der Waals surface area (Å²) < 4.78 is 6.03. The highest BCUT2D eigenvalue weighted by atomic mass is 16.5. The summed E-state index contributed by atoms with van der Waals surface area (Å²) in [6.07, 6.45) is 5.93. The Morgan fingerprint density at radius 1 is 1.11 bits per heavy atom. The zero-order valence-electron chi connectivity index (χ0n) is 12.7. The molecule has 0 saturated heterocycles. The first kappa shape index (κ1) is 16.0. The number of benzene rings is 1. The van der Waals surface area contributed by atoms with Gasteiger partial charge >= 0.3 is 0 Å². The minimum absolute atomic E-state index is 0.0759. The SMILES string of the molecule is CCCCC(CC)COc1ccccc1[C@H](N)CC. The second-order valence-electron chi connectivity index (χ2n) is 5.28. The Kier molecular flexibility index (Phi) is 7.57. The van der Waals surface area contributed by atoms with E-state index in [1.165, 1.54) is 25.7 Å². The van der Waals surface area contributed by atoms with Gasteiger partial charge in [0.1, 0.15) is 5.75 Å². The van der Waals surface area contributed by atoms with E-state index in [1.807, 2.05) is 18.2 Å². The lowest BCUT2D eigenvalue weighted by atomic mass is 10.0. The van der Waals surface area contributed by atoms with Gasteiger partial charge in [0.2, 0.25) is 0 Å². The molecule has 0 aliphatic carbocycles. The summed E-state index contributed by atoms with van der Waals surface area (Å²) in [6.45, 7) is 7.40. The molecule has 2 heteroatoms. The molecular formula is C17H29NO. The minimum atomic E-state index is 0.0759. The molecule has 0 aliphatic heterocycles. The first-order valence-electron chi connectivity index (χ1n) is 7.70. The van der Waals surface area contributed by atoms with Gasteiger partial charge in [-0.1, -0.05) is 58.2 Å². The average Bonchev–Trinajstić information content (AvgIpc) is 2.47. The maximum absolute atomic E-state index is 6.13. The number of hydrogen-bond donors (Lipinski definition) is 1. The van der Waals surface area contributed by atoms with Gasteiger partial charge in [-0.25, -0.2) is 0 Å². The smallest absolute Gasteiger partial charge is 0.124 e. The fourth-order valence-electron chi connectivity index (χ4n) is 2.24. The molecule has 2 nitrogen and oxygen atoms in total. The van der Waals surface area contributed by atoms with Crippen molar-refractivity contribution in [3.63, 3.8) is 0 Å². The molecule has 1 unspecified atom stereocenters. The van der Waals surface area contributed by atoms with Crippen LogP contribution >= 0.6 is 0 Å². The highest BCUT2D eigenvalue weighted by molar-refractivity contribution is 5.35. The van der Waals surface area contributed by atoms with E-state index in [4.69, 9.17) is 10.5 Å². The third kappa shape index (κ3) is 5.23. The Labute approximate surface area is 118 Å². The monoisotopic (exact) mass is 263 g/mol. The van der Waals surface area contributed by atoms with Gasteiger partial charge in [-0.15, -0.1) is 0 Å². The molecule has 0 saturated carbocycles. The topological polar surface area (TPSA) is 35.2 Å². The molecule has 0 fully saturated rings. The van der Waals surface area contributed by atoms with E-state index in [2.05, 4.69) is 26.8 Å². The van der Waals surface area contributed by atoms with Crippen LogP contribution in [0.4, 0.5) is 0 Å². The van der Waals surface area contributed by atoms with Crippen molar-refractivity contribution >= 4 is 0 Å². The number of ether oxygens (including phenoxy) is 1. The molecule has 0 spiro atoms. The Hall–Kier alpha value is -1.02. The fraction of sp³-hybridized carbons (Fsp3) is 0.647. The van der Waals surface area contributed by atoms with Crippen molar-refractivity contribution in [2.45, 2.75) is 58.9 Å². The Balaban J connectivity index is 2.61. The van der Waals surface area contributed by atoms with E-state index < -0.39 is 0 Å². The third-order valence-corrected chi connectivity index (χ3v) is 3.78. The second kappa shape index (κ2) is 8.98. The van der Waals surface area contributed by atoms with E-state index in [1.54, 1.807) is 0 Å². The van der Waals surface area contributed by atoms with Gasteiger partial charge in [0.05, 0.1) is 6.61 Å². The summed E-state index contributed by atoms with van der Waals surface area (Å²) in [6, 6.07) is 8.25. The quantitative estimate of drug-likeness (QED) is 0.701. The Morgan fingerprint density at radius 3 is 2.47 bits per heavy atom. The normalized spacial score (nSPS) is 14.1. The lowest BCUT2D eigenvalue weighted by molar-refractivity contribution is 0.230. The van der Waals surface area contributed by atoms with Crippen LogP contribution in [0.25, 0.3) is 0 Å². The van der Waals surface area contributed by atoms with Crippen molar-refractivity contribution in [2.75, 3.05) is 6.61 Å². The molecule has 0 heterocycles.